The van der Waals surface area contributed by atoms with E-state index in [1.165, 1.54) is 17.9 Å². The maximum atomic E-state index is 6.08. The summed E-state index contributed by atoms with van der Waals surface area (Å²) in [5, 5.41) is 1.51. The molecule has 0 bridgehead atoms. The van der Waals surface area contributed by atoms with Crippen molar-refractivity contribution in [3.05, 3.63) is 0 Å². The molecule has 2 N–H and O–H groups in total. The molecule has 2 unspecified atom stereocenters. The maximum absolute atomic E-state index is 6.08. The van der Waals surface area contributed by atoms with Crippen LogP contribution in [0.2, 0.25) is 0 Å². The van der Waals surface area contributed by atoms with E-state index in [0.717, 1.165) is 11.7 Å². The van der Waals surface area contributed by atoms with Crippen LogP contribution in [0.3, 0.4) is 0 Å². The van der Waals surface area contributed by atoms with E-state index in [0.29, 0.717) is 11.3 Å². The van der Waals surface area contributed by atoms with Crippen LogP contribution in [0.4, 0.5) is 0 Å². The van der Waals surface area contributed by atoms with E-state index in [4.69, 9.17) is 5.73 Å². The van der Waals surface area contributed by atoms with Gasteiger partial charge in [-0.3, -0.25) is 0 Å². The Morgan fingerprint density at radius 2 is 2.00 bits per heavy atom. The Balaban J connectivity index is 2.46. The summed E-state index contributed by atoms with van der Waals surface area (Å²) < 4.78 is 0. The van der Waals surface area contributed by atoms with Gasteiger partial charge in [0, 0.05) is 28.0 Å². The molecular weight excluding hydrogens is 186 g/mol. The molecule has 1 aliphatic heterocycles. The monoisotopic (exact) mass is 205 g/mol. The smallest absolute Gasteiger partial charge is 0.0317 e. The van der Waals surface area contributed by atoms with Crippen molar-refractivity contribution in [3.63, 3.8) is 0 Å². The van der Waals surface area contributed by atoms with Crippen molar-refractivity contribution in [1.82, 2.24) is 0 Å². The van der Waals surface area contributed by atoms with E-state index in [2.05, 4.69) is 37.4 Å². The first-order chi connectivity index (χ1) is 5.79. The number of hydrogen-bond acceptors (Lipinski definition) is 3. The van der Waals surface area contributed by atoms with Crippen LogP contribution in [-0.2, 0) is 0 Å². The lowest BCUT2D eigenvalue weighted by Gasteiger charge is -2.33. The Kier molecular flexibility index (Phi) is 4.84. The summed E-state index contributed by atoms with van der Waals surface area (Å²) in [4.78, 5) is 0. The van der Waals surface area contributed by atoms with Crippen LogP contribution in [0.1, 0.15) is 26.7 Å². The van der Waals surface area contributed by atoms with Crippen LogP contribution >= 0.6 is 23.5 Å². The molecule has 0 aromatic heterocycles. The molecule has 3 heteroatoms. The van der Waals surface area contributed by atoms with Crippen LogP contribution in [0.25, 0.3) is 0 Å². The minimum Gasteiger partial charge on any atom is -0.327 e. The fourth-order valence-electron chi connectivity index (χ4n) is 1.57. The fraction of sp³-hybridized carbons (Fsp3) is 1.00. The van der Waals surface area contributed by atoms with Crippen molar-refractivity contribution < 1.29 is 0 Å². The molecular formula is C9H19NS2. The average Bonchev–Trinajstić information content (AvgIpc) is 2.16. The van der Waals surface area contributed by atoms with Crippen LogP contribution in [0.5, 0.6) is 0 Å². The summed E-state index contributed by atoms with van der Waals surface area (Å²) in [6.07, 6.45) is 2.39. The third kappa shape index (κ3) is 2.57. The van der Waals surface area contributed by atoms with Gasteiger partial charge in [0.15, 0.2) is 0 Å². The quantitative estimate of drug-likeness (QED) is 0.766. The topological polar surface area (TPSA) is 26.0 Å². The summed E-state index contributed by atoms with van der Waals surface area (Å²) >= 11 is 4.20. The molecule has 0 amide bonds. The van der Waals surface area contributed by atoms with Crippen LogP contribution in [-0.4, -0.2) is 28.0 Å². The van der Waals surface area contributed by atoms with Gasteiger partial charge in [-0.1, -0.05) is 13.8 Å². The van der Waals surface area contributed by atoms with Crippen molar-refractivity contribution in [1.29, 1.82) is 0 Å². The Labute approximate surface area is 84.2 Å². The molecule has 0 spiro atoms. The molecule has 0 radical (unpaired) electrons. The molecule has 12 heavy (non-hydrogen) atoms. The van der Waals surface area contributed by atoms with Crippen molar-refractivity contribution in [3.8, 4) is 0 Å². The minimum atomic E-state index is 0.410. The molecule has 1 saturated heterocycles. The highest BCUT2D eigenvalue weighted by Gasteiger charge is 2.28. The molecule has 1 fully saturated rings. The third-order valence-corrected chi connectivity index (χ3v) is 5.82. The zero-order valence-electron chi connectivity index (χ0n) is 7.95. The van der Waals surface area contributed by atoms with Gasteiger partial charge in [-0.05, 0) is 12.8 Å². The largest absolute Gasteiger partial charge is 0.327 e. The SMILES string of the molecule is CCC1SCCSC1[C@@H](N)CC. The van der Waals surface area contributed by atoms with E-state index in [1.807, 2.05) is 0 Å². The average molecular weight is 205 g/mol. The second-order valence-electron chi connectivity index (χ2n) is 3.23. The first-order valence-corrected chi connectivity index (χ1v) is 6.88. The lowest BCUT2D eigenvalue weighted by Crippen LogP contribution is -2.41. The highest BCUT2D eigenvalue weighted by molar-refractivity contribution is 8.07. The Hall–Kier alpha value is 0.660. The van der Waals surface area contributed by atoms with Crippen molar-refractivity contribution >= 4 is 23.5 Å². The van der Waals surface area contributed by atoms with Gasteiger partial charge in [0.1, 0.15) is 0 Å². The lowest BCUT2D eigenvalue weighted by molar-refractivity contribution is 0.585. The zero-order chi connectivity index (χ0) is 8.97. The predicted molar refractivity (Wildman–Crippen MR) is 61.0 cm³/mol. The molecule has 1 heterocycles. The van der Waals surface area contributed by atoms with Gasteiger partial charge in [-0.25, -0.2) is 0 Å². The van der Waals surface area contributed by atoms with Crippen LogP contribution in [0, 0.1) is 0 Å². The van der Waals surface area contributed by atoms with Gasteiger partial charge in [0.25, 0.3) is 0 Å². The zero-order valence-corrected chi connectivity index (χ0v) is 9.59. The first kappa shape index (κ1) is 10.7. The van der Waals surface area contributed by atoms with Gasteiger partial charge in [-0.15, -0.1) is 0 Å². The first-order valence-electron chi connectivity index (χ1n) is 4.78. The molecule has 0 aromatic rings. The van der Waals surface area contributed by atoms with E-state index in [9.17, 15) is 0 Å². The number of nitrogens with two attached hydrogens (primary N) is 1. The molecule has 72 valence electrons. The van der Waals surface area contributed by atoms with Crippen LogP contribution in [0.15, 0.2) is 0 Å². The van der Waals surface area contributed by atoms with Crippen molar-refractivity contribution in [2.75, 3.05) is 11.5 Å². The van der Waals surface area contributed by atoms with E-state index < -0.39 is 0 Å². The van der Waals surface area contributed by atoms with Gasteiger partial charge in [0.2, 0.25) is 0 Å². The number of rotatable bonds is 3. The third-order valence-electron chi connectivity index (χ3n) is 2.39. The van der Waals surface area contributed by atoms with Crippen LogP contribution < -0.4 is 5.73 Å². The van der Waals surface area contributed by atoms with Gasteiger partial charge in [0.05, 0.1) is 0 Å². The highest BCUT2D eigenvalue weighted by Crippen LogP contribution is 2.35. The lowest BCUT2D eigenvalue weighted by atomic mass is 10.1. The summed E-state index contributed by atoms with van der Waals surface area (Å²) in [5.41, 5.74) is 6.08. The van der Waals surface area contributed by atoms with E-state index >= 15 is 0 Å². The Bertz CT molecular complexity index is 130. The maximum Gasteiger partial charge on any atom is 0.0317 e. The second kappa shape index (κ2) is 5.40. The summed E-state index contributed by atoms with van der Waals surface area (Å²) in [7, 11) is 0. The van der Waals surface area contributed by atoms with E-state index in [-0.39, 0.29) is 0 Å². The number of thioether (sulfide) groups is 2. The fourth-order valence-corrected chi connectivity index (χ4v) is 4.86. The Morgan fingerprint density at radius 1 is 1.33 bits per heavy atom. The van der Waals surface area contributed by atoms with E-state index in [1.54, 1.807) is 0 Å². The number of hydrogen-bond donors (Lipinski definition) is 1. The second-order valence-corrected chi connectivity index (χ2v) is 5.86. The minimum absolute atomic E-state index is 0.410. The molecule has 3 atom stereocenters. The molecule has 1 aliphatic rings. The highest BCUT2D eigenvalue weighted by atomic mass is 32.2. The standard InChI is InChI=1S/C9H19NS2/c1-3-7(10)9-8(4-2)11-5-6-12-9/h7-9H,3-6,10H2,1-2H3/t7-,8?,9?/m0/s1. The molecule has 0 aromatic carbocycles. The normalized spacial score (nSPS) is 33.2. The van der Waals surface area contributed by atoms with Gasteiger partial charge in [-0.2, -0.15) is 23.5 Å². The van der Waals surface area contributed by atoms with Gasteiger partial charge >= 0.3 is 0 Å². The predicted octanol–water partition coefficient (Wildman–Crippen LogP) is 2.35. The summed E-state index contributed by atoms with van der Waals surface area (Å²) in [6.45, 7) is 4.47. The molecule has 0 aliphatic carbocycles. The van der Waals surface area contributed by atoms with Crippen molar-refractivity contribution in [2.24, 2.45) is 5.73 Å². The molecule has 1 rings (SSSR count). The Morgan fingerprint density at radius 3 is 2.58 bits per heavy atom. The van der Waals surface area contributed by atoms with Crippen molar-refractivity contribution in [2.45, 2.75) is 43.2 Å². The van der Waals surface area contributed by atoms with Gasteiger partial charge < -0.3 is 5.73 Å². The molecule has 0 saturated carbocycles. The molecule has 1 nitrogen and oxygen atoms in total. The summed E-state index contributed by atoms with van der Waals surface area (Å²) in [5.74, 6) is 2.61. The summed E-state index contributed by atoms with van der Waals surface area (Å²) in [6, 6.07) is 0.410.